The molecule has 1 aliphatic heterocycles. The normalized spacial score (nSPS) is 21.6. The number of aromatic nitrogens is 5. The quantitative estimate of drug-likeness (QED) is 0.177. The number of allylic oxidation sites excluding steroid dienone is 2. The number of fused-ring (bicyclic) bond motifs is 1. The first-order chi connectivity index (χ1) is 24.1. The second-order valence-corrected chi connectivity index (χ2v) is 14.4. The topological polar surface area (TPSA) is 122 Å². The van der Waals surface area contributed by atoms with Crippen LogP contribution in [0.3, 0.4) is 0 Å². The molecule has 3 aromatic heterocycles. The Morgan fingerprint density at radius 1 is 1.08 bits per heavy atom. The van der Waals surface area contributed by atoms with Gasteiger partial charge in [-0.2, -0.15) is 5.10 Å². The number of rotatable bonds is 9. The Morgan fingerprint density at radius 2 is 1.90 bits per heavy atom. The van der Waals surface area contributed by atoms with Crippen molar-refractivity contribution in [2.75, 3.05) is 25.0 Å². The van der Waals surface area contributed by atoms with E-state index in [4.69, 9.17) is 9.84 Å². The van der Waals surface area contributed by atoms with Gasteiger partial charge in [-0.1, -0.05) is 69.4 Å². The molecule has 11 heteroatoms. The number of hydrogen-bond donors (Lipinski definition) is 3. The Hall–Kier alpha value is -4.74. The molecule has 1 fully saturated rings. The zero-order valence-corrected chi connectivity index (χ0v) is 29.7. The number of urea groups is 1. The minimum atomic E-state index is -0.325. The van der Waals surface area contributed by atoms with Gasteiger partial charge in [0.25, 0.3) is 0 Å². The Bertz CT molecular complexity index is 1850. The van der Waals surface area contributed by atoms with Crippen LogP contribution in [0.4, 0.5) is 10.6 Å². The minimum Gasteiger partial charge on any atom is -0.489 e. The smallest absolute Gasteiger partial charge is 0.320 e. The fraction of sp³-hybridized carbons (Fsp3) is 0.436. The molecule has 0 bridgehead atoms. The van der Waals surface area contributed by atoms with Crippen molar-refractivity contribution in [2.45, 2.75) is 89.8 Å². The first-order valence-corrected chi connectivity index (χ1v) is 17.7. The summed E-state index contributed by atoms with van der Waals surface area (Å²) >= 11 is 0. The molecule has 4 aromatic rings. The second kappa shape index (κ2) is 15.4. The predicted molar refractivity (Wildman–Crippen MR) is 197 cm³/mol. The zero-order chi connectivity index (χ0) is 35.3. The molecule has 3 N–H and O–H groups in total. The highest BCUT2D eigenvalue weighted by Gasteiger charge is 2.30. The molecule has 2 aliphatic rings. The number of anilines is 1. The summed E-state index contributed by atoms with van der Waals surface area (Å²) in [6.07, 6.45) is 14.8. The number of nitrogens with one attached hydrogen (secondary N) is 2. The van der Waals surface area contributed by atoms with Gasteiger partial charge >= 0.3 is 6.03 Å². The van der Waals surface area contributed by atoms with Crippen molar-refractivity contribution in [3.63, 3.8) is 0 Å². The summed E-state index contributed by atoms with van der Waals surface area (Å²) in [6, 6.07) is 13.4. The van der Waals surface area contributed by atoms with Crippen molar-refractivity contribution >= 4 is 17.5 Å². The highest BCUT2D eigenvalue weighted by Crippen LogP contribution is 2.32. The molecule has 1 saturated heterocycles. The van der Waals surface area contributed by atoms with Crippen LogP contribution in [0.15, 0.2) is 85.1 Å². The van der Waals surface area contributed by atoms with Gasteiger partial charge in [-0.05, 0) is 75.4 Å². The van der Waals surface area contributed by atoms with Crippen LogP contribution in [0.1, 0.15) is 82.4 Å². The molecule has 0 radical (unpaired) electrons. The molecule has 1 aliphatic carbocycles. The van der Waals surface area contributed by atoms with E-state index in [0.29, 0.717) is 25.1 Å². The van der Waals surface area contributed by atoms with E-state index in [9.17, 15) is 9.90 Å². The Balaban J connectivity index is 1.16. The van der Waals surface area contributed by atoms with Crippen molar-refractivity contribution in [1.82, 2.24) is 34.6 Å². The molecule has 0 spiro atoms. The van der Waals surface area contributed by atoms with Crippen LogP contribution in [0.2, 0.25) is 0 Å². The molecule has 4 heterocycles. The molecule has 6 rings (SSSR count). The number of aryl methyl sites for hydroxylation is 1. The summed E-state index contributed by atoms with van der Waals surface area (Å²) in [5.41, 5.74) is 4.30. The average molecular weight is 679 g/mol. The number of hydrogen-bond acceptors (Lipinski definition) is 7. The maximum Gasteiger partial charge on any atom is 0.320 e. The van der Waals surface area contributed by atoms with Gasteiger partial charge in [0.1, 0.15) is 17.7 Å². The number of pyridine rings is 1. The molecule has 264 valence electrons. The largest absolute Gasteiger partial charge is 0.489 e. The number of carbonyl (C=O) groups excluding carboxylic acids is 1. The number of amides is 2. The summed E-state index contributed by atoms with van der Waals surface area (Å²) in [6.45, 7) is 14.7. The van der Waals surface area contributed by atoms with Crippen LogP contribution in [0.5, 0.6) is 5.75 Å². The lowest BCUT2D eigenvalue weighted by Crippen LogP contribution is -2.40. The lowest BCUT2D eigenvalue weighted by molar-refractivity contribution is 0.186. The minimum absolute atomic E-state index is 0.125. The maximum absolute atomic E-state index is 13.6. The third-order valence-electron chi connectivity index (χ3n) is 9.45. The molecular formula is C39H50N8O3. The summed E-state index contributed by atoms with van der Waals surface area (Å²) in [5, 5.41) is 29.5. The van der Waals surface area contributed by atoms with Crippen LogP contribution >= 0.6 is 0 Å². The van der Waals surface area contributed by atoms with Crippen LogP contribution in [-0.2, 0) is 5.41 Å². The van der Waals surface area contributed by atoms with Gasteiger partial charge in [-0.15, -0.1) is 10.2 Å². The molecular weight excluding hydrogens is 628 g/mol. The zero-order valence-electron chi connectivity index (χ0n) is 29.7. The highest BCUT2D eigenvalue weighted by molar-refractivity contribution is 5.89. The maximum atomic E-state index is 13.6. The summed E-state index contributed by atoms with van der Waals surface area (Å²) < 4.78 is 10.4. The Kier molecular flexibility index (Phi) is 10.8. The van der Waals surface area contributed by atoms with Crippen LogP contribution in [0, 0.1) is 6.92 Å². The molecule has 0 unspecified atom stereocenters. The first kappa shape index (κ1) is 35.1. The van der Waals surface area contributed by atoms with Gasteiger partial charge in [0.05, 0.1) is 29.7 Å². The van der Waals surface area contributed by atoms with Crippen LogP contribution < -0.4 is 15.4 Å². The number of ether oxygens (including phenoxy) is 1. The SMILES string of the molecule is C=C1/C=C\C=C/C[C@H](Oc2ccc3nnc([C@@H]4CCCN4CCCO)n3c2)CC[C@@H]1NC(=O)Nc1cc(C(C)(C)C)nn1-c1ccc(C)cc1. The van der Waals surface area contributed by atoms with E-state index in [0.717, 1.165) is 72.1 Å². The molecule has 1 aromatic carbocycles. The van der Waals surface area contributed by atoms with Crippen molar-refractivity contribution < 1.29 is 14.6 Å². The summed E-state index contributed by atoms with van der Waals surface area (Å²) in [7, 11) is 0. The number of benzene rings is 1. The van der Waals surface area contributed by atoms with Crippen LogP contribution in [-0.4, -0.2) is 72.3 Å². The van der Waals surface area contributed by atoms with E-state index >= 15 is 0 Å². The van der Waals surface area contributed by atoms with E-state index in [-0.39, 0.29) is 36.2 Å². The molecule has 11 nitrogen and oxygen atoms in total. The van der Waals surface area contributed by atoms with Crippen molar-refractivity contribution in [3.8, 4) is 11.4 Å². The lowest BCUT2D eigenvalue weighted by Gasteiger charge is -2.24. The predicted octanol–water partition coefficient (Wildman–Crippen LogP) is 6.83. The Labute approximate surface area is 294 Å². The number of carbonyl (C=O) groups is 1. The summed E-state index contributed by atoms with van der Waals surface area (Å²) in [4.78, 5) is 15.9. The van der Waals surface area contributed by atoms with E-state index < -0.39 is 0 Å². The van der Waals surface area contributed by atoms with E-state index in [1.807, 2.05) is 78.2 Å². The average Bonchev–Trinajstić information content (AvgIpc) is 3.83. The fourth-order valence-electron chi connectivity index (χ4n) is 6.60. The Morgan fingerprint density at radius 3 is 2.68 bits per heavy atom. The van der Waals surface area contributed by atoms with Crippen molar-refractivity contribution in [2.24, 2.45) is 0 Å². The van der Waals surface area contributed by atoms with Gasteiger partial charge in [0, 0.05) is 31.1 Å². The van der Waals surface area contributed by atoms with E-state index in [2.05, 4.69) is 59.2 Å². The molecule has 50 heavy (non-hydrogen) atoms. The van der Waals surface area contributed by atoms with Gasteiger partial charge in [-0.25, -0.2) is 9.48 Å². The van der Waals surface area contributed by atoms with Gasteiger partial charge in [0.15, 0.2) is 11.5 Å². The standard InChI is InChI=1S/C39H50N8O3/c1-27-14-16-29(17-15-27)47-36(25-34(44-47)39(3,4)5)41-38(49)40-32-20-18-30(12-8-6-7-11-28(32)2)50-31-19-21-35-42-43-37(46(35)26-31)33-13-9-22-45(33)23-10-24-48/h6-8,11,14-17,19,21,25-26,30,32-33,48H,2,9-10,12-13,18,20,22-24H2,1,3-5H3,(H2,40,41,49)/b8-6-,11-7-/t30-,32-,33-/m0/s1. The molecule has 0 saturated carbocycles. The van der Waals surface area contributed by atoms with E-state index in [1.165, 1.54) is 0 Å². The fourth-order valence-corrected chi connectivity index (χ4v) is 6.60. The second-order valence-electron chi connectivity index (χ2n) is 14.4. The molecule has 3 atom stereocenters. The monoisotopic (exact) mass is 678 g/mol. The third-order valence-corrected chi connectivity index (χ3v) is 9.45. The summed E-state index contributed by atoms with van der Waals surface area (Å²) in [5.74, 6) is 2.24. The van der Waals surface area contributed by atoms with Gasteiger partial charge < -0.3 is 15.2 Å². The van der Waals surface area contributed by atoms with E-state index in [1.54, 1.807) is 4.68 Å². The van der Waals surface area contributed by atoms with Crippen LogP contribution in [0.25, 0.3) is 11.3 Å². The van der Waals surface area contributed by atoms with Gasteiger partial charge in [-0.3, -0.25) is 14.6 Å². The number of aliphatic hydroxyl groups excluding tert-OH is 1. The molecule has 2 amide bonds. The number of likely N-dealkylation sites (tertiary alicyclic amines) is 1. The lowest BCUT2D eigenvalue weighted by atomic mass is 9.92. The number of aliphatic hydroxyl groups is 1. The third kappa shape index (κ3) is 8.34. The highest BCUT2D eigenvalue weighted by atomic mass is 16.5. The first-order valence-electron chi connectivity index (χ1n) is 17.7. The number of nitrogens with zero attached hydrogens (tertiary/aromatic N) is 6. The van der Waals surface area contributed by atoms with Crippen molar-refractivity contribution in [1.29, 1.82) is 0 Å². The van der Waals surface area contributed by atoms with Gasteiger partial charge in [0.2, 0.25) is 0 Å². The van der Waals surface area contributed by atoms with Crippen molar-refractivity contribution in [3.05, 3.63) is 102 Å².